The van der Waals surface area contributed by atoms with E-state index in [1.165, 1.54) is 4.88 Å². The molecule has 0 aliphatic carbocycles. The molecule has 1 amide bonds. The van der Waals surface area contributed by atoms with E-state index < -0.39 is 0 Å². The van der Waals surface area contributed by atoms with Gasteiger partial charge in [-0.15, -0.1) is 11.3 Å². The van der Waals surface area contributed by atoms with Crippen molar-refractivity contribution < 1.29 is 4.79 Å². The fraction of sp³-hybridized carbons (Fsp3) is 0.312. The Morgan fingerprint density at radius 1 is 1.14 bits per heavy atom. The first-order valence-corrected chi connectivity index (χ1v) is 8.08. The Bertz CT molecular complexity index is 624. The summed E-state index contributed by atoms with van der Waals surface area (Å²) in [7, 11) is 0. The van der Waals surface area contributed by atoms with Gasteiger partial charge in [-0.1, -0.05) is 31.5 Å². The van der Waals surface area contributed by atoms with Gasteiger partial charge in [0.25, 0.3) is 0 Å². The van der Waals surface area contributed by atoms with Crippen molar-refractivity contribution >= 4 is 40.2 Å². The number of carbonyl (C=O) groups excluding carboxylic acids is 1. The summed E-state index contributed by atoms with van der Waals surface area (Å²) in [5.41, 5.74) is 1.77. The van der Waals surface area contributed by atoms with Gasteiger partial charge in [0.15, 0.2) is 0 Å². The first-order valence-electron chi connectivity index (χ1n) is 6.88. The van der Waals surface area contributed by atoms with Gasteiger partial charge in [0.1, 0.15) is 0 Å². The molecule has 1 aromatic heterocycles. The molecular weight excluding hydrogens is 304 g/mol. The first-order chi connectivity index (χ1) is 9.95. The van der Waals surface area contributed by atoms with Gasteiger partial charge in [-0.3, -0.25) is 4.79 Å². The number of hydrogen-bond acceptors (Lipinski definition) is 3. The second-order valence-electron chi connectivity index (χ2n) is 5.23. The Kier molecular flexibility index (Phi) is 5.26. The van der Waals surface area contributed by atoms with Crippen LogP contribution in [0.5, 0.6) is 0 Å². The van der Waals surface area contributed by atoms with E-state index in [1.807, 2.05) is 50.2 Å². The topological polar surface area (TPSA) is 41.1 Å². The van der Waals surface area contributed by atoms with E-state index >= 15 is 0 Å². The molecule has 1 unspecified atom stereocenters. The third kappa shape index (κ3) is 4.48. The van der Waals surface area contributed by atoms with Crippen LogP contribution < -0.4 is 10.6 Å². The zero-order chi connectivity index (χ0) is 15.4. The summed E-state index contributed by atoms with van der Waals surface area (Å²) < 4.78 is 0.789. The van der Waals surface area contributed by atoms with Crippen LogP contribution in [-0.4, -0.2) is 5.91 Å². The zero-order valence-corrected chi connectivity index (χ0v) is 13.9. The lowest BCUT2D eigenvalue weighted by molar-refractivity contribution is -0.118. The summed E-state index contributed by atoms with van der Waals surface area (Å²) in [6, 6.07) is 11.8. The van der Waals surface area contributed by atoms with Gasteiger partial charge in [0.2, 0.25) is 5.91 Å². The molecule has 0 fully saturated rings. The van der Waals surface area contributed by atoms with Crippen LogP contribution in [-0.2, 0) is 4.79 Å². The third-order valence-corrected chi connectivity index (χ3v) is 4.47. The second-order valence-corrected chi connectivity index (χ2v) is 6.98. The van der Waals surface area contributed by atoms with Crippen LogP contribution in [0.3, 0.4) is 0 Å². The highest BCUT2D eigenvalue weighted by Gasteiger charge is 2.10. The highest BCUT2D eigenvalue weighted by Crippen LogP contribution is 2.29. The largest absolute Gasteiger partial charge is 0.378 e. The molecule has 0 aliphatic heterocycles. The smallest absolute Gasteiger partial charge is 0.226 e. The van der Waals surface area contributed by atoms with E-state index in [1.54, 1.807) is 11.3 Å². The minimum atomic E-state index is -0.0335. The molecule has 0 saturated carbocycles. The average Bonchev–Trinajstić information content (AvgIpc) is 2.86. The van der Waals surface area contributed by atoms with Gasteiger partial charge >= 0.3 is 0 Å². The molecule has 112 valence electrons. The number of rotatable bonds is 5. The lowest BCUT2D eigenvalue weighted by atomic mass is 10.2. The van der Waals surface area contributed by atoms with Gasteiger partial charge < -0.3 is 10.6 Å². The summed E-state index contributed by atoms with van der Waals surface area (Å²) in [5, 5.41) is 6.32. The van der Waals surface area contributed by atoms with Gasteiger partial charge in [-0.25, -0.2) is 0 Å². The molecule has 1 atom stereocenters. The third-order valence-electron chi connectivity index (χ3n) is 3.06. The second kappa shape index (κ2) is 6.96. The Morgan fingerprint density at radius 3 is 2.48 bits per heavy atom. The van der Waals surface area contributed by atoms with E-state index in [2.05, 4.69) is 17.6 Å². The van der Waals surface area contributed by atoms with Crippen LogP contribution in [0.25, 0.3) is 0 Å². The minimum Gasteiger partial charge on any atom is -0.378 e. The number of carbonyl (C=O) groups is 1. The number of hydrogen-bond donors (Lipinski definition) is 2. The molecular formula is C16H19ClN2OS. The van der Waals surface area contributed by atoms with Crippen molar-refractivity contribution in [1.29, 1.82) is 0 Å². The lowest BCUT2D eigenvalue weighted by Crippen LogP contribution is -2.17. The Labute approximate surface area is 134 Å². The standard InChI is InChI=1S/C16H19ClN2OS/c1-10(2)16(20)19-13-6-4-5-12(9-13)18-11(3)14-7-8-15(17)21-14/h4-11,18H,1-3H3,(H,19,20). The van der Waals surface area contributed by atoms with Crippen molar-refractivity contribution in [2.75, 3.05) is 10.6 Å². The van der Waals surface area contributed by atoms with Crippen molar-refractivity contribution in [3.8, 4) is 0 Å². The Balaban J connectivity index is 2.05. The molecule has 0 saturated heterocycles. The number of amides is 1. The lowest BCUT2D eigenvalue weighted by Gasteiger charge is -2.15. The molecule has 2 aromatic rings. The summed E-state index contributed by atoms with van der Waals surface area (Å²) in [6.07, 6.45) is 0. The molecule has 2 rings (SSSR count). The molecule has 5 heteroatoms. The Hall–Kier alpha value is -1.52. The molecule has 1 heterocycles. The van der Waals surface area contributed by atoms with E-state index in [4.69, 9.17) is 11.6 Å². The predicted octanol–water partition coefficient (Wildman–Crippen LogP) is 5.17. The minimum absolute atomic E-state index is 0.0187. The molecule has 0 bridgehead atoms. The molecule has 21 heavy (non-hydrogen) atoms. The van der Waals surface area contributed by atoms with E-state index in [0.29, 0.717) is 0 Å². The highest BCUT2D eigenvalue weighted by atomic mass is 35.5. The summed E-state index contributed by atoms with van der Waals surface area (Å²) in [5.74, 6) is -0.0148. The maximum absolute atomic E-state index is 11.7. The van der Waals surface area contributed by atoms with Crippen LogP contribution in [0, 0.1) is 5.92 Å². The molecule has 0 spiro atoms. The van der Waals surface area contributed by atoms with Gasteiger partial charge in [0, 0.05) is 22.2 Å². The summed E-state index contributed by atoms with van der Waals surface area (Å²) in [4.78, 5) is 12.9. The maximum Gasteiger partial charge on any atom is 0.226 e. The Morgan fingerprint density at radius 2 is 1.86 bits per heavy atom. The normalized spacial score (nSPS) is 12.2. The van der Waals surface area contributed by atoms with Crippen molar-refractivity contribution in [3.63, 3.8) is 0 Å². The predicted molar refractivity (Wildman–Crippen MR) is 91.3 cm³/mol. The number of halogens is 1. The van der Waals surface area contributed by atoms with Gasteiger partial charge in [-0.2, -0.15) is 0 Å². The first kappa shape index (κ1) is 15.9. The summed E-state index contributed by atoms with van der Waals surface area (Å²) in [6.45, 7) is 5.83. The SMILES string of the molecule is CC(C)C(=O)Nc1cccc(NC(C)c2ccc(Cl)s2)c1. The molecule has 3 nitrogen and oxygen atoms in total. The molecule has 0 aliphatic rings. The van der Waals surface area contributed by atoms with Gasteiger partial charge in [0.05, 0.1) is 10.4 Å². The van der Waals surface area contributed by atoms with Crippen molar-refractivity contribution in [1.82, 2.24) is 0 Å². The summed E-state index contributed by atoms with van der Waals surface area (Å²) >= 11 is 7.53. The molecule has 2 N–H and O–H groups in total. The number of nitrogens with one attached hydrogen (secondary N) is 2. The molecule has 1 aromatic carbocycles. The van der Waals surface area contributed by atoms with Gasteiger partial charge in [-0.05, 0) is 37.3 Å². The number of anilines is 2. The van der Waals surface area contributed by atoms with Crippen molar-refractivity contribution in [2.24, 2.45) is 5.92 Å². The van der Waals surface area contributed by atoms with Crippen LogP contribution in [0.4, 0.5) is 11.4 Å². The average molecular weight is 323 g/mol. The fourth-order valence-corrected chi connectivity index (χ4v) is 2.92. The highest BCUT2D eigenvalue weighted by molar-refractivity contribution is 7.16. The van der Waals surface area contributed by atoms with E-state index in [0.717, 1.165) is 15.7 Å². The number of benzene rings is 1. The molecule has 0 radical (unpaired) electrons. The fourth-order valence-electron chi connectivity index (χ4n) is 1.86. The monoisotopic (exact) mass is 322 g/mol. The van der Waals surface area contributed by atoms with E-state index in [9.17, 15) is 4.79 Å². The van der Waals surface area contributed by atoms with E-state index in [-0.39, 0.29) is 17.9 Å². The van der Waals surface area contributed by atoms with Crippen molar-refractivity contribution in [3.05, 3.63) is 45.6 Å². The van der Waals surface area contributed by atoms with Crippen LogP contribution >= 0.6 is 22.9 Å². The van der Waals surface area contributed by atoms with Crippen LogP contribution in [0.2, 0.25) is 4.34 Å². The zero-order valence-electron chi connectivity index (χ0n) is 12.3. The van der Waals surface area contributed by atoms with Crippen molar-refractivity contribution in [2.45, 2.75) is 26.8 Å². The number of thiophene rings is 1. The van der Waals surface area contributed by atoms with Crippen LogP contribution in [0.1, 0.15) is 31.7 Å². The quantitative estimate of drug-likeness (QED) is 0.797. The van der Waals surface area contributed by atoms with Crippen LogP contribution in [0.15, 0.2) is 36.4 Å². The maximum atomic E-state index is 11.7.